The number of nitrogens with one attached hydrogen (secondary N) is 1. The van der Waals surface area contributed by atoms with Gasteiger partial charge in [-0.15, -0.1) is 10.2 Å². The van der Waals surface area contributed by atoms with Crippen molar-refractivity contribution in [2.24, 2.45) is 0 Å². The summed E-state index contributed by atoms with van der Waals surface area (Å²) in [6.07, 6.45) is -3.32. The fraction of sp³-hybridized carbons (Fsp3) is 0.333. The van der Waals surface area contributed by atoms with Crippen molar-refractivity contribution in [1.29, 1.82) is 0 Å². The lowest BCUT2D eigenvalue weighted by Crippen LogP contribution is -2.25. The highest BCUT2D eigenvalue weighted by Crippen LogP contribution is 2.34. The van der Waals surface area contributed by atoms with E-state index in [-0.39, 0.29) is 27.6 Å². The molecular weight excluding hydrogens is 407 g/mol. The fourth-order valence-corrected chi connectivity index (χ4v) is 3.42. The van der Waals surface area contributed by atoms with Gasteiger partial charge in [-0.25, -0.2) is 0 Å². The van der Waals surface area contributed by atoms with E-state index in [0.29, 0.717) is 12.2 Å². The van der Waals surface area contributed by atoms with Crippen molar-refractivity contribution in [2.45, 2.75) is 36.9 Å². The zero-order valence-electron chi connectivity index (χ0n) is 14.0. The molecule has 0 unspecified atom stereocenters. The molecule has 0 aliphatic rings. The number of carbonyl (C=O) groups excluding carboxylic acids is 1. The molecule has 27 heavy (non-hydrogen) atoms. The van der Waals surface area contributed by atoms with Crippen molar-refractivity contribution in [1.82, 2.24) is 19.8 Å². The SMILES string of the molecule is CC[C@H](Sc1nnc2c(Cl)cc(C(F)(F)F)cn12)C(=O)Nc1cc(C)on1. The van der Waals surface area contributed by atoms with E-state index in [4.69, 9.17) is 16.1 Å². The molecule has 1 amide bonds. The summed E-state index contributed by atoms with van der Waals surface area (Å²) in [6.45, 7) is 3.45. The van der Waals surface area contributed by atoms with Crippen LogP contribution >= 0.6 is 23.4 Å². The van der Waals surface area contributed by atoms with Gasteiger partial charge in [0.15, 0.2) is 16.6 Å². The molecule has 0 saturated heterocycles. The fourth-order valence-electron chi connectivity index (χ4n) is 2.25. The number of nitrogens with zero attached hydrogens (tertiary/aromatic N) is 4. The van der Waals surface area contributed by atoms with E-state index in [1.165, 1.54) is 0 Å². The van der Waals surface area contributed by atoms with Gasteiger partial charge < -0.3 is 9.84 Å². The summed E-state index contributed by atoms with van der Waals surface area (Å²) in [5, 5.41) is 13.3. The van der Waals surface area contributed by atoms with Crippen molar-refractivity contribution in [3.05, 3.63) is 34.7 Å². The summed E-state index contributed by atoms with van der Waals surface area (Å²) in [6, 6.07) is 2.34. The maximum Gasteiger partial charge on any atom is 0.417 e. The summed E-state index contributed by atoms with van der Waals surface area (Å²) in [5.74, 6) is 0.402. The minimum absolute atomic E-state index is 0.0783. The number of pyridine rings is 1. The minimum Gasteiger partial charge on any atom is -0.360 e. The van der Waals surface area contributed by atoms with Gasteiger partial charge in [-0.1, -0.05) is 35.4 Å². The quantitative estimate of drug-likeness (QED) is 0.623. The number of aryl methyl sites for hydroxylation is 1. The van der Waals surface area contributed by atoms with Gasteiger partial charge in [0.2, 0.25) is 5.91 Å². The standard InChI is InChI=1S/C15H13ClF3N5O2S/c1-3-10(13(25)20-11-4-7(2)26-23-11)27-14-22-21-12-9(16)5-8(6-24(12)14)15(17,18)19/h4-6,10H,3H2,1-2H3,(H,20,23,25)/t10-/m0/s1. The van der Waals surface area contributed by atoms with Crippen LogP contribution in [0, 0.1) is 6.92 Å². The third-order valence-electron chi connectivity index (χ3n) is 3.55. The Morgan fingerprint density at radius 2 is 2.15 bits per heavy atom. The number of anilines is 1. The molecule has 3 aromatic rings. The molecule has 0 aliphatic heterocycles. The number of hydrogen-bond acceptors (Lipinski definition) is 6. The van der Waals surface area contributed by atoms with E-state index in [2.05, 4.69) is 20.7 Å². The van der Waals surface area contributed by atoms with Crippen LogP contribution in [0.25, 0.3) is 5.65 Å². The lowest BCUT2D eigenvalue weighted by Gasteiger charge is -2.13. The summed E-state index contributed by atoms with van der Waals surface area (Å²) < 4.78 is 45.1. The van der Waals surface area contributed by atoms with Crippen molar-refractivity contribution >= 4 is 40.7 Å². The maximum atomic E-state index is 13.0. The van der Waals surface area contributed by atoms with Crippen LogP contribution in [-0.4, -0.2) is 30.9 Å². The average Bonchev–Trinajstić information content (AvgIpc) is 3.18. The molecule has 3 aromatic heterocycles. The number of halogens is 4. The number of fused-ring (bicyclic) bond motifs is 1. The molecule has 0 saturated carbocycles. The zero-order valence-corrected chi connectivity index (χ0v) is 15.6. The van der Waals surface area contributed by atoms with E-state index in [0.717, 1.165) is 28.4 Å². The molecule has 0 radical (unpaired) electrons. The molecule has 1 atom stereocenters. The van der Waals surface area contributed by atoms with E-state index in [9.17, 15) is 18.0 Å². The van der Waals surface area contributed by atoms with Crippen LogP contribution in [0.3, 0.4) is 0 Å². The van der Waals surface area contributed by atoms with Gasteiger partial charge in [0.25, 0.3) is 0 Å². The van der Waals surface area contributed by atoms with Crippen LogP contribution in [-0.2, 0) is 11.0 Å². The number of hydrogen-bond donors (Lipinski definition) is 1. The Hall–Kier alpha value is -2.27. The highest BCUT2D eigenvalue weighted by Gasteiger charge is 2.32. The Morgan fingerprint density at radius 1 is 1.41 bits per heavy atom. The summed E-state index contributed by atoms with van der Waals surface area (Å²) in [5.41, 5.74) is -0.855. The monoisotopic (exact) mass is 419 g/mol. The minimum atomic E-state index is -4.57. The molecule has 1 N–H and O–H groups in total. The van der Waals surface area contributed by atoms with Gasteiger partial charge in [0.1, 0.15) is 5.76 Å². The summed E-state index contributed by atoms with van der Waals surface area (Å²) >= 11 is 6.87. The molecule has 0 bridgehead atoms. The molecule has 3 rings (SSSR count). The number of alkyl halides is 3. The van der Waals surface area contributed by atoms with Gasteiger partial charge in [0, 0.05) is 12.3 Å². The first-order valence-corrected chi connectivity index (χ1v) is 8.97. The van der Waals surface area contributed by atoms with Gasteiger partial charge in [0.05, 0.1) is 15.8 Å². The van der Waals surface area contributed by atoms with Crippen LogP contribution in [0.1, 0.15) is 24.7 Å². The van der Waals surface area contributed by atoms with Crippen LogP contribution in [0.2, 0.25) is 5.02 Å². The lowest BCUT2D eigenvalue weighted by atomic mass is 10.3. The van der Waals surface area contributed by atoms with E-state index >= 15 is 0 Å². The van der Waals surface area contributed by atoms with E-state index in [1.807, 2.05) is 0 Å². The zero-order chi connectivity index (χ0) is 19.8. The van der Waals surface area contributed by atoms with Gasteiger partial charge in [-0.2, -0.15) is 13.2 Å². The van der Waals surface area contributed by atoms with Gasteiger partial charge >= 0.3 is 6.18 Å². The molecule has 0 aliphatic carbocycles. The first-order valence-electron chi connectivity index (χ1n) is 7.71. The number of amides is 1. The third-order valence-corrected chi connectivity index (χ3v) is 5.15. The second kappa shape index (κ2) is 7.39. The topological polar surface area (TPSA) is 85.3 Å². The van der Waals surface area contributed by atoms with Crippen molar-refractivity contribution < 1.29 is 22.5 Å². The van der Waals surface area contributed by atoms with Crippen molar-refractivity contribution in [2.75, 3.05) is 5.32 Å². The Kier molecular flexibility index (Phi) is 5.33. The first kappa shape index (κ1) is 19.5. The second-order valence-electron chi connectivity index (χ2n) is 5.58. The maximum absolute atomic E-state index is 13.0. The third kappa shape index (κ3) is 4.19. The predicted octanol–water partition coefficient (Wildman–Crippen LogP) is 4.21. The Bertz CT molecular complexity index is 988. The summed E-state index contributed by atoms with van der Waals surface area (Å²) in [4.78, 5) is 12.4. The normalized spacial score (nSPS) is 13.1. The predicted molar refractivity (Wildman–Crippen MR) is 92.8 cm³/mol. The molecule has 144 valence electrons. The first-order chi connectivity index (χ1) is 12.7. The number of carbonyl (C=O) groups is 1. The lowest BCUT2D eigenvalue weighted by molar-refractivity contribution is -0.137. The van der Waals surface area contributed by atoms with Crippen LogP contribution in [0.4, 0.5) is 19.0 Å². The smallest absolute Gasteiger partial charge is 0.360 e. The number of rotatable bonds is 5. The molecular formula is C15H13ClF3N5O2S. The van der Waals surface area contributed by atoms with Crippen LogP contribution < -0.4 is 5.32 Å². The van der Waals surface area contributed by atoms with Crippen molar-refractivity contribution in [3.8, 4) is 0 Å². The Morgan fingerprint density at radius 3 is 2.74 bits per heavy atom. The summed E-state index contributed by atoms with van der Waals surface area (Å²) in [7, 11) is 0. The average molecular weight is 420 g/mol. The van der Waals surface area contributed by atoms with Crippen LogP contribution in [0.15, 0.2) is 28.0 Å². The molecule has 3 heterocycles. The molecule has 7 nitrogen and oxygen atoms in total. The second-order valence-corrected chi connectivity index (χ2v) is 7.15. The number of thioether (sulfide) groups is 1. The molecule has 0 aromatic carbocycles. The van der Waals surface area contributed by atoms with E-state index in [1.54, 1.807) is 19.9 Å². The Labute approximate surface area is 160 Å². The highest BCUT2D eigenvalue weighted by atomic mass is 35.5. The van der Waals surface area contributed by atoms with E-state index < -0.39 is 17.0 Å². The Balaban J connectivity index is 1.87. The van der Waals surface area contributed by atoms with Gasteiger partial charge in [-0.05, 0) is 19.4 Å². The van der Waals surface area contributed by atoms with Crippen molar-refractivity contribution in [3.63, 3.8) is 0 Å². The molecule has 0 fully saturated rings. The largest absolute Gasteiger partial charge is 0.417 e. The molecule has 0 spiro atoms. The van der Waals surface area contributed by atoms with Gasteiger partial charge in [-0.3, -0.25) is 9.20 Å². The molecule has 12 heteroatoms. The number of aromatic nitrogens is 4. The highest BCUT2D eigenvalue weighted by molar-refractivity contribution is 8.00. The van der Waals surface area contributed by atoms with Crippen LogP contribution in [0.5, 0.6) is 0 Å².